The summed E-state index contributed by atoms with van der Waals surface area (Å²) in [6.45, 7) is 10.0. The van der Waals surface area contributed by atoms with Crippen LogP contribution in [0.15, 0.2) is 24.3 Å². The van der Waals surface area contributed by atoms with Gasteiger partial charge in [-0.1, -0.05) is 46.8 Å². The van der Waals surface area contributed by atoms with Gasteiger partial charge in [0.05, 0.1) is 5.56 Å². The van der Waals surface area contributed by atoms with Crippen molar-refractivity contribution in [3.63, 3.8) is 0 Å². The van der Waals surface area contributed by atoms with Gasteiger partial charge in [-0.3, -0.25) is 0 Å². The van der Waals surface area contributed by atoms with Crippen molar-refractivity contribution in [3.8, 4) is 0 Å². The predicted molar refractivity (Wildman–Crippen MR) is 65.5 cm³/mol. The molecule has 0 aliphatic heterocycles. The normalized spacial score (nSPS) is 7.80. The van der Waals surface area contributed by atoms with Crippen LogP contribution < -0.4 is 0 Å². The van der Waals surface area contributed by atoms with Gasteiger partial charge in [0, 0.05) is 0 Å². The van der Waals surface area contributed by atoms with E-state index in [0.29, 0.717) is 5.56 Å². The third kappa shape index (κ3) is 6.72. The van der Waals surface area contributed by atoms with Crippen LogP contribution >= 0.6 is 0 Å². The summed E-state index contributed by atoms with van der Waals surface area (Å²) in [5, 5.41) is 8.60. The zero-order valence-electron chi connectivity index (χ0n) is 10.4. The van der Waals surface area contributed by atoms with Crippen LogP contribution in [0.3, 0.4) is 0 Å². The highest BCUT2D eigenvalue weighted by Gasteiger charge is 2.00. The van der Waals surface area contributed by atoms with E-state index < -0.39 is 5.97 Å². The summed E-state index contributed by atoms with van der Waals surface area (Å²) in [5.41, 5.74) is 1.43. The number of carboxylic acid groups (broad SMARTS) is 1. The SMILES string of the molecule is CC.CC.CCc1cccc(C(=O)O)c1. The Labute approximate surface area is 93.0 Å². The van der Waals surface area contributed by atoms with E-state index in [9.17, 15) is 4.79 Å². The molecule has 1 aromatic rings. The second-order valence-electron chi connectivity index (χ2n) is 2.36. The fourth-order valence-corrected chi connectivity index (χ4v) is 0.924. The van der Waals surface area contributed by atoms with E-state index in [0.717, 1.165) is 12.0 Å². The molecule has 0 saturated carbocycles. The van der Waals surface area contributed by atoms with E-state index in [1.165, 1.54) is 0 Å². The molecule has 0 unspecified atom stereocenters. The van der Waals surface area contributed by atoms with E-state index in [2.05, 4.69) is 0 Å². The molecule has 1 rings (SSSR count). The molecule has 15 heavy (non-hydrogen) atoms. The maximum Gasteiger partial charge on any atom is 0.335 e. The molecular formula is C13H22O2. The molecule has 0 fully saturated rings. The first kappa shape index (κ1) is 16.1. The molecule has 2 nitrogen and oxygen atoms in total. The first-order valence-corrected chi connectivity index (χ1v) is 5.56. The topological polar surface area (TPSA) is 37.3 Å². The van der Waals surface area contributed by atoms with Gasteiger partial charge >= 0.3 is 5.97 Å². The van der Waals surface area contributed by atoms with Gasteiger partial charge in [0.15, 0.2) is 0 Å². The van der Waals surface area contributed by atoms with E-state index >= 15 is 0 Å². The van der Waals surface area contributed by atoms with Crippen molar-refractivity contribution in [2.75, 3.05) is 0 Å². The minimum absolute atomic E-state index is 0.365. The molecule has 0 bridgehead atoms. The smallest absolute Gasteiger partial charge is 0.335 e. The molecule has 86 valence electrons. The average Bonchev–Trinajstić information content (AvgIpc) is 2.34. The molecule has 0 aromatic heterocycles. The van der Waals surface area contributed by atoms with Crippen LogP contribution in [0.1, 0.15) is 50.5 Å². The molecule has 0 saturated heterocycles. The zero-order valence-corrected chi connectivity index (χ0v) is 10.4. The fourth-order valence-electron chi connectivity index (χ4n) is 0.924. The number of aryl methyl sites for hydroxylation is 1. The monoisotopic (exact) mass is 210 g/mol. The minimum atomic E-state index is -0.861. The van der Waals surface area contributed by atoms with Gasteiger partial charge in [-0.05, 0) is 24.1 Å². The number of benzene rings is 1. The van der Waals surface area contributed by atoms with Crippen LogP contribution in [-0.4, -0.2) is 11.1 Å². The summed E-state index contributed by atoms with van der Waals surface area (Å²) in [7, 11) is 0. The number of carbonyl (C=O) groups is 1. The lowest BCUT2D eigenvalue weighted by Crippen LogP contribution is -1.96. The molecule has 0 atom stereocenters. The molecule has 0 aliphatic rings. The summed E-state index contributed by atoms with van der Waals surface area (Å²) >= 11 is 0. The second-order valence-corrected chi connectivity index (χ2v) is 2.36. The Bertz CT molecular complexity index is 267. The van der Waals surface area contributed by atoms with E-state index in [4.69, 9.17) is 5.11 Å². The van der Waals surface area contributed by atoms with E-state index in [1.807, 2.05) is 40.7 Å². The summed E-state index contributed by atoms with van der Waals surface area (Å²) in [6, 6.07) is 6.98. The molecule has 0 aliphatic carbocycles. The molecule has 0 spiro atoms. The summed E-state index contributed by atoms with van der Waals surface area (Å²) in [4.78, 5) is 10.5. The zero-order chi connectivity index (χ0) is 12.3. The Kier molecular flexibility index (Phi) is 11.6. The van der Waals surface area contributed by atoms with Crippen LogP contribution in [0.4, 0.5) is 0 Å². The molecule has 1 N–H and O–H groups in total. The maximum atomic E-state index is 10.5. The predicted octanol–water partition coefficient (Wildman–Crippen LogP) is 4.00. The lowest BCUT2D eigenvalue weighted by molar-refractivity contribution is 0.0697. The summed E-state index contributed by atoms with van der Waals surface area (Å²) in [6.07, 6.45) is 0.876. The lowest BCUT2D eigenvalue weighted by Gasteiger charge is -1.97. The van der Waals surface area contributed by atoms with E-state index in [1.54, 1.807) is 18.2 Å². The quantitative estimate of drug-likeness (QED) is 0.801. The Hall–Kier alpha value is -1.31. The highest BCUT2D eigenvalue weighted by atomic mass is 16.4. The first-order valence-electron chi connectivity index (χ1n) is 5.56. The highest BCUT2D eigenvalue weighted by Crippen LogP contribution is 2.05. The fraction of sp³-hybridized carbons (Fsp3) is 0.462. The van der Waals surface area contributed by atoms with Crippen molar-refractivity contribution in [2.45, 2.75) is 41.0 Å². The molecular weight excluding hydrogens is 188 g/mol. The number of hydrogen-bond donors (Lipinski definition) is 1. The van der Waals surface area contributed by atoms with Gasteiger partial charge in [-0.15, -0.1) is 0 Å². The Balaban J connectivity index is 0. The van der Waals surface area contributed by atoms with Gasteiger partial charge in [-0.25, -0.2) is 4.79 Å². The lowest BCUT2D eigenvalue weighted by atomic mass is 10.1. The standard InChI is InChI=1S/C9H10O2.2C2H6/c1-2-7-4-3-5-8(6-7)9(10)11;2*1-2/h3-6H,2H2,1H3,(H,10,11);2*1-2H3. The van der Waals surface area contributed by atoms with Crippen molar-refractivity contribution in [1.29, 1.82) is 0 Å². The van der Waals surface area contributed by atoms with Crippen molar-refractivity contribution in [1.82, 2.24) is 0 Å². The third-order valence-corrected chi connectivity index (χ3v) is 1.58. The van der Waals surface area contributed by atoms with Crippen molar-refractivity contribution in [2.24, 2.45) is 0 Å². The van der Waals surface area contributed by atoms with Gasteiger partial charge in [0.25, 0.3) is 0 Å². The van der Waals surface area contributed by atoms with E-state index in [-0.39, 0.29) is 0 Å². The molecule has 0 amide bonds. The van der Waals surface area contributed by atoms with Gasteiger partial charge in [0.1, 0.15) is 0 Å². The van der Waals surface area contributed by atoms with Crippen LogP contribution in [0.25, 0.3) is 0 Å². The van der Waals surface area contributed by atoms with Gasteiger partial charge in [0.2, 0.25) is 0 Å². The van der Waals surface area contributed by atoms with Crippen LogP contribution in [0.2, 0.25) is 0 Å². The Morgan fingerprint density at radius 3 is 2.13 bits per heavy atom. The Morgan fingerprint density at radius 1 is 1.20 bits per heavy atom. The second kappa shape index (κ2) is 10.8. The van der Waals surface area contributed by atoms with Crippen molar-refractivity contribution < 1.29 is 9.90 Å². The largest absolute Gasteiger partial charge is 0.478 e. The van der Waals surface area contributed by atoms with Crippen LogP contribution in [-0.2, 0) is 6.42 Å². The van der Waals surface area contributed by atoms with Crippen molar-refractivity contribution >= 4 is 5.97 Å². The molecule has 1 aromatic carbocycles. The summed E-state index contributed by atoms with van der Waals surface area (Å²) < 4.78 is 0. The van der Waals surface area contributed by atoms with Crippen molar-refractivity contribution in [3.05, 3.63) is 35.4 Å². The van der Waals surface area contributed by atoms with Crippen LogP contribution in [0, 0.1) is 0 Å². The average molecular weight is 210 g/mol. The minimum Gasteiger partial charge on any atom is -0.478 e. The number of rotatable bonds is 2. The third-order valence-electron chi connectivity index (χ3n) is 1.58. The molecule has 0 radical (unpaired) electrons. The number of carboxylic acids is 1. The first-order chi connectivity index (χ1) is 7.24. The highest BCUT2D eigenvalue weighted by molar-refractivity contribution is 5.87. The number of hydrogen-bond acceptors (Lipinski definition) is 1. The molecule has 2 heteroatoms. The summed E-state index contributed by atoms with van der Waals surface area (Å²) in [5.74, 6) is -0.861. The van der Waals surface area contributed by atoms with Gasteiger partial charge < -0.3 is 5.11 Å². The molecule has 0 heterocycles. The number of aromatic carboxylic acids is 1. The Morgan fingerprint density at radius 2 is 1.73 bits per heavy atom. The maximum absolute atomic E-state index is 10.5. The van der Waals surface area contributed by atoms with Gasteiger partial charge in [-0.2, -0.15) is 0 Å². The van der Waals surface area contributed by atoms with Crippen LogP contribution in [0.5, 0.6) is 0 Å².